The number of carbonyl (C=O) groups is 1. The van der Waals surface area contributed by atoms with E-state index in [2.05, 4.69) is 47.3 Å². The molecule has 0 aliphatic carbocycles. The Bertz CT molecular complexity index is 1430. The average Bonchev–Trinajstić information content (AvgIpc) is 3.22. The van der Waals surface area contributed by atoms with Crippen LogP contribution in [0.1, 0.15) is 0 Å². The van der Waals surface area contributed by atoms with Crippen LogP contribution < -0.4 is 25.6 Å². The highest BCUT2D eigenvalue weighted by Crippen LogP contribution is 2.38. The molecule has 0 bridgehead atoms. The van der Waals surface area contributed by atoms with E-state index < -0.39 is 0 Å². The number of likely N-dealkylation sites (N-methyl/N-ethyl adjacent to an activating group) is 2. The van der Waals surface area contributed by atoms with Gasteiger partial charge in [0.25, 0.3) is 0 Å². The number of carbonyl (C=O) groups excluding carboxylic acids is 1. The zero-order chi connectivity index (χ0) is 27.2. The van der Waals surface area contributed by atoms with Gasteiger partial charge in [-0.3, -0.25) is 9.36 Å². The normalized spacial score (nSPS) is 10.9. The maximum absolute atomic E-state index is 12.2. The summed E-state index contributed by atoms with van der Waals surface area (Å²) in [6.07, 6.45) is 2.90. The Morgan fingerprint density at radius 3 is 2.53 bits per heavy atom. The van der Waals surface area contributed by atoms with E-state index >= 15 is 0 Å². The molecule has 0 fully saturated rings. The second kappa shape index (κ2) is 11.6. The number of nitrogens with zero attached hydrogens (tertiary/aromatic N) is 6. The molecular formula is C27H33N9O2. The third-order valence-corrected chi connectivity index (χ3v) is 5.94. The molecule has 38 heavy (non-hydrogen) atoms. The van der Waals surface area contributed by atoms with E-state index in [1.54, 1.807) is 19.4 Å². The molecule has 0 aliphatic rings. The van der Waals surface area contributed by atoms with Crippen molar-refractivity contribution in [2.45, 2.75) is 0 Å². The number of benzene rings is 2. The lowest BCUT2D eigenvalue weighted by Gasteiger charge is -2.25. The van der Waals surface area contributed by atoms with Crippen LogP contribution in [-0.2, 0) is 11.8 Å². The number of amides is 1. The summed E-state index contributed by atoms with van der Waals surface area (Å²) < 4.78 is 7.55. The smallest absolute Gasteiger partial charge is 0.247 e. The van der Waals surface area contributed by atoms with Crippen molar-refractivity contribution in [1.82, 2.24) is 24.4 Å². The SMILES string of the molecule is C=CC(=O)Nc1cc(Nc2ncc3nc(Nc4ccccc4)n(C)c3n2)c(OC)cc1N(C)CCN(C)C. The van der Waals surface area contributed by atoms with Crippen LogP contribution in [0.25, 0.3) is 11.2 Å². The number of anilines is 6. The summed E-state index contributed by atoms with van der Waals surface area (Å²) in [5.74, 6) is 1.28. The van der Waals surface area contributed by atoms with Gasteiger partial charge in [-0.2, -0.15) is 4.98 Å². The molecule has 2 aromatic carbocycles. The zero-order valence-electron chi connectivity index (χ0n) is 22.3. The molecule has 1 amide bonds. The standard InChI is InChI=1S/C27H33N9O2/c1-7-24(37)30-19-15-20(23(38-6)16-22(19)35(4)14-13-34(2)3)31-26-28-17-21-25(33-26)36(5)27(32-21)29-18-11-9-8-10-12-18/h7-12,15-17H,1,13-14H2,2-6H3,(H,29,32)(H,30,37)(H,28,31,33). The van der Waals surface area contributed by atoms with E-state index in [1.807, 2.05) is 69.2 Å². The summed E-state index contributed by atoms with van der Waals surface area (Å²) in [6.45, 7) is 5.16. The van der Waals surface area contributed by atoms with Crippen LogP contribution in [0.5, 0.6) is 5.75 Å². The van der Waals surface area contributed by atoms with Crippen molar-refractivity contribution in [2.24, 2.45) is 7.05 Å². The Hall–Kier alpha value is -4.64. The monoisotopic (exact) mass is 515 g/mol. The van der Waals surface area contributed by atoms with E-state index in [0.717, 1.165) is 24.5 Å². The average molecular weight is 516 g/mol. The minimum absolute atomic E-state index is 0.311. The highest BCUT2D eigenvalue weighted by atomic mass is 16.5. The molecule has 198 valence electrons. The topological polar surface area (TPSA) is 112 Å². The Labute approximate surface area is 222 Å². The summed E-state index contributed by atoms with van der Waals surface area (Å²) in [6, 6.07) is 13.5. The van der Waals surface area contributed by atoms with E-state index in [4.69, 9.17) is 4.74 Å². The molecule has 4 rings (SSSR count). The third-order valence-electron chi connectivity index (χ3n) is 5.94. The second-order valence-electron chi connectivity index (χ2n) is 9.00. The Balaban J connectivity index is 1.66. The van der Waals surface area contributed by atoms with Gasteiger partial charge in [-0.05, 0) is 38.4 Å². The predicted octanol–water partition coefficient (Wildman–Crippen LogP) is 3.98. The van der Waals surface area contributed by atoms with Crippen molar-refractivity contribution in [3.05, 3.63) is 61.3 Å². The van der Waals surface area contributed by atoms with Gasteiger partial charge in [0, 0.05) is 38.9 Å². The molecule has 11 nitrogen and oxygen atoms in total. The van der Waals surface area contributed by atoms with Gasteiger partial charge in [-0.15, -0.1) is 0 Å². The molecule has 3 N–H and O–H groups in total. The van der Waals surface area contributed by atoms with Crippen molar-refractivity contribution in [3.8, 4) is 5.75 Å². The fourth-order valence-corrected chi connectivity index (χ4v) is 3.83. The second-order valence-corrected chi connectivity index (χ2v) is 9.00. The van der Waals surface area contributed by atoms with Crippen LogP contribution in [0, 0.1) is 0 Å². The maximum Gasteiger partial charge on any atom is 0.247 e. The molecule has 0 atom stereocenters. The van der Waals surface area contributed by atoms with Crippen molar-refractivity contribution < 1.29 is 9.53 Å². The highest BCUT2D eigenvalue weighted by molar-refractivity contribution is 6.02. The number of nitrogens with one attached hydrogen (secondary N) is 3. The molecule has 0 radical (unpaired) electrons. The quantitative estimate of drug-likeness (QED) is 0.255. The number of hydrogen-bond donors (Lipinski definition) is 3. The zero-order valence-corrected chi connectivity index (χ0v) is 22.3. The molecule has 0 spiro atoms. The van der Waals surface area contributed by atoms with Gasteiger partial charge in [0.15, 0.2) is 5.65 Å². The first-order chi connectivity index (χ1) is 18.3. The number of aromatic nitrogens is 4. The molecule has 0 unspecified atom stereocenters. The van der Waals surface area contributed by atoms with Gasteiger partial charge in [0.1, 0.15) is 11.3 Å². The summed E-state index contributed by atoms with van der Waals surface area (Å²) in [4.78, 5) is 30.1. The van der Waals surface area contributed by atoms with Crippen LogP contribution in [-0.4, -0.2) is 71.7 Å². The predicted molar refractivity (Wildman–Crippen MR) is 153 cm³/mol. The van der Waals surface area contributed by atoms with Crippen molar-refractivity contribution in [1.29, 1.82) is 0 Å². The number of fused-ring (bicyclic) bond motifs is 1. The summed E-state index contributed by atoms with van der Waals surface area (Å²) >= 11 is 0. The van der Waals surface area contributed by atoms with Crippen LogP contribution in [0.4, 0.5) is 34.6 Å². The van der Waals surface area contributed by atoms with Gasteiger partial charge in [-0.1, -0.05) is 24.8 Å². The first-order valence-corrected chi connectivity index (χ1v) is 12.1. The van der Waals surface area contributed by atoms with Crippen LogP contribution in [0.3, 0.4) is 0 Å². The van der Waals surface area contributed by atoms with Crippen LogP contribution in [0.15, 0.2) is 61.3 Å². The molecule has 0 aliphatic heterocycles. The van der Waals surface area contributed by atoms with E-state index in [1.165, 1.54) is 6.08 Å². The lowest BCUT2D eigenvalue weighted by Crippen LogP contribution is -2.29. The number of aryl methyl sites for hydroxylation is 1. The Morgan fingerprint density at radius 1 is 1.08 bits per heavy atom. The first kappa shape index (κ1) is 26.4. The highest BCUT2D eigenvalue weighted by Gasteiger charge is 2.17. The molecule has 4 aromatic rings. The van der Waals surface area contributed by atoms with Crippen molar-refractivity contribution >= 4 is 51.7 Å². The fraction of sp³-hybridized carbons (Fsp3) is 0.259. The van der Waals surface area contributed by atoms with Gasteiger partial charge in [-0.25, -0.2) is 9.97 Å². The van der Waals surface area contributed by atoms with Gasteiger partial charge in [0.05, 0.1) is 30.4 Å². The largest absolute Gasteiger partial charge is 0.494 e. The molecule has 2 heterocycles. The first-order valence-electron chi connectivity index (χ1n) is 12.1. The van der Waals surface area contributed by atoms with E-state index in [9.17, 15) is 4.79 Å². The molecule has 0 saturated heterocycles. The Morgan fingerprint density at radius 2 is 1.84 bits per heavy atom. The fourth-order valence-electron chi connectivity index (χ4n) is 3.83. The number of para-hydroxylation sites is 1. The van der Waals surface area contributed by atoms with Crippen LogP contribution in [0.2, 0.25) is 0 Å². The summed E-state index contributed by atoms with van der Waals surface area (Å²) in [5.41, 5.74) is 4.24. The minimum atomic E-state index is -0.311. The van der Waals surface area contributed by atoms with Crippen molar-refractivity contribution in [3.63, 3.8) is 0 Å². The van der Waals surface area contributed by atoms with Crippen molar-refractivity contribution in [2.75, 3.05) is 62.2 Å². The number of ether oxygens (including phenoxy) is 1. The molecule has 11 heteroatoms. The maximum atomic E-state index is 12.2. The van der Waals surface area contributed by atoms with E-state index in [-0.39, 0.29) is 5.91 Å². The Kier molecular flexibility index (Phi) is 8.07. The molecular weight excluding hydrogens is 482 g/mol. The number of rotatable bonds is 11. The molecule has 0 saturated carbocycles. The lowest BCUT2D eigenvalue weighted by molar-refractivity contribution is -0.111. The number of imidazole rings is 1. The van der Waals surface area contributed by atoms with Gasteiger partial charge >= 0.3 is 0 Å². The van der Waals surface area contributed by atoms with Crippen LogP contribution >= 0.6 is 0 Å². The summed E-state index contributed by atoms with van der Waals surface area (Å²) in [7, 11) is 9.48. The molecule has 2 aromatic heterocycles. The van der Waals surface area contributed by atoms with Gasteiger partial charge in [0.2, 0.25) is 17.8 Å². The third kappa shape index (κ3) is 6.01. The van der Waals surface area contributed by atoms with Gasteiger partial charge < -0.3 is 30.5 Å². The summed E-state index contributed by atoms with van der Waals surface area (Å²) in [5, 5.41) is 9.44. The lowest BCUT2D eigenvalue weighted by atomic mass is 10.2. The number of methoxy groups -OCH3 is 1. The number of hydrogen-bond acceptors (Lipinski definition) is 9. The van der Waals surface area contributed by atoms with E-state index in [0.29, 0.717) is 40.2 Å². The minimum Gasteiger partial charge on any atom is -0.494 e.